The predicted octanol–water partition coefficient (Wildman–Crippen LogP) is 3.54. The van der Waals surface area contributed by atoms with Crippen LogP contribution in [0.15, 0.2) is 48.5 Å². The summed E-state index contributed by atoms with van der Waals surface area (Å²) in [7, 11) is 0. The third-order valence-electron chi connectivity index (χ3n) is 3.81. The minimum atomic E-state index is -0.346. The van der Waals surface area contributed by atoms with E-state index in [1.54, 1.807) is 6.92 Å². The topological polar surface area (TPSA) is 49.7 Å². The van der Waals surface area contributed by atoms with E-state index in [0.717, 1.165) is 16.6 Å². The Labute approximate surface area is 133 Å². The molecule has 1 aliphatic heterocycles. The van der Waals surface area contributed by atoms with E-state index in [-0.39, 0.29) is 12.8 Å². The van der Waals surface area contributed by atoms with Gasteiger partial charge in [0.1, 0.15) is 5.69 Å². The molecular weight excluding hydrogens is 294 g/mol. The predicted molar refractivity (Wildman–Crippen MR) is 85.4 cm³/mol. The summed E-state index contributed by atoms with van der Waals surface area (Å²) in [6.45, 7) is 2.35. The van der Waals surface area contributed by atoms with Crippen LogP contribution in [0.1, 0.15) is 17.4 Å². The van der Waals surface area contributed by atoms with E-state index in [9.17, 15) is 4.79 Å². The monoisotopic (exact) mass is 309 g/mol. The van der Waals surface area contributed by atoms with Crippen molar-refractivity contribution in [3.63, 3.8) is 0 Å². The molecule has 2 aromatic carbocycles. The number of esters is 1. The lowest BCUT2D eigenvalue weighted by atomic mass is 10.2. The highest BCUT2D eigenvalue weighted by molar-refractivity contribution is 5.97. The van der Waals surface area contributed by atoms with Crippen molar-refractivity contribution in [3.05, 3.63) is 54.2 Å². The number of benzene rings is 2. The average Bonchev–Trinajstić information content (AvgIpc) is 3.18. The Bertz CT molecular complexity index is 897. The Morgan fingerprint density at radius 3 is 2.83 bits per heavy atom. The maximum Gasteiger partial charge on any atom is 0.355 e. The Balaban J connectivity index is 1.93. The number of carbonyl (C=O) groups excluding carboxylic acids is 1. The third kappa shape index (κ3) is 2.21. The van der Waals surface area contributed by atoms with E-state index in [1.165, 1.54) is 0 Å². The molecule has 0 amide bonds. The fourth-order valence-electron chi connectivity index (χ4n) is 2.81. The van der Waals surface area contributed by atoms with Crippen LogP contribution >= 0.6 is 0 Å². The fourth-order valence-corrected chi connectivity index (χ4v) is 2.81. The van der Waals surface area contributed by atoms with Gasteiger partial charge in [0, 0.05) is 11.5 Å². The van der Waals surface area contributed by atoms with Gasteiger partial charge in [-0.2, -0.15) is 0 Å². The lowest BCUT2D eigenvalue weighted by molar-refractivity contribution is 0.0517. The summed E-state index contributed by atoms with van der Waals surface area (Å²) < 4.78 is 17.9. The van der Waals surface area contributed by atoms with Gasteiger partial charge in [-0.05, 0) is 31.2 Å². The molecule has 1 aromatic heterocycles. The summed E-state index contributed by atoms with van der Waals surface area (Å²) >= 11 is 0. The Morgan fingerprint density at radius 2 is 1.96 bits per heavy atom. The number of carbonyl (C=O) groups is 1. The summed E-state index contributed by atoms with van der Waals surface area (Å²) in [5.74, 6) is 1.04. The number of ether oxygens (including phenoxy) is 3. The summed E-state index contributed by atoms with van der Waals surface area (Å²) in [6.07, 6.45) is 0. The number of rotatable bonds is 3. The standard InChI is InChI=1S/C18H15NO4/c1-2-21-18(20)15-9-12-5-3-4-6-14(12)19(15)13-7-8-16-17(10-13)23-11-22-16/h3-10H,2,11H2,1H3. The zero-order valence-electron chi connectivity index (χ0n) is 12.6. The lowest BCUT2D eigenvalue weighted by Crippen LogP contribution is -2.10. The molecule has 2 heterocycles. The summed E-state index contributed by atoms with van der Waals surface area (Å²) in [6, 6.07) is 15.3. The highest BCUT2D eigenvalue weighted by Crippen LogP contribution is 2.35. The van der Waals surface area contributed by atoms with Gasteiger partial charge in [-0.15, -0.1) is 0 Å². The maximum absolute atomic E-state index is 12.3. The summed E-state index contributed by atoms with van der Waals surface area (Å²) in [5, 5.41) is 0.980. The van der Waals surface area contributed by atoms with Crippen LogP contribution in [0.3, 0.4) is 0 Å². The van der Waals surface area contributed by atoms with E-state index in [1.807, 2.05) is 53.1 Å². The van der Waals surface area contributed by atoms with Gasteiger partial charge in [-0.3, -0.25) is 0 Å². The van der Waals surface area contributed by atoms with Crippen LogP contribution in [0, 0.1) is 0 Å². The van der Waals surface area contributed by atoms with Crippen molar-refractivity contribution in [3.8, 4) is 17.2 Å². The van der Waals surface area contributed by atoms with Crippen molar-refractivity contribution < 1.29 is 19.0 Å². The van der Waals surface area contributed by atoms with Gasteiger partial charge in [0.25, 0.3) is 0 Å². The van der Waals surface area contributed by atoms with Crippen LogP contribution in [0.2, 0.25) is 0 Å². The highest BCUT2D eigenvalue weighted by Gasteiger charge is 2.20. The average molecular weight is 309 g/mol. The summed E-state index contributed by atoms with van der Waals surface area (Å²) in [5.41, 5.74) is 2.26. The van der Waals surface area contributed by atoms with Crippen molar-refractivity contribution in [2.45, 2.75) is 6.92 Å². The van der Waals surface area contributed by atoms with Gasteiger partial charge in [0.05, 0.1) is 17.8 Å². The second kappa shape index (κ2) is 5.35. The number of hydrogen-bond donors (Lipinski definition) is 0. The first kappa shape index (κ1) is 13.7. The SMILES string of the molecule is CCOC(=O)c1cc2ccccc2n1-c1ccc2c(c1)OCO2. The van der Waals surface area contributed by atoms with Crippen LogP contribution in [0.5, 0.6) is 11.5 Å². The number of hydrogen-bond acceptors (Lipinski definition) is 4. The Morgan fingerprint density at radius 1 is 1.13 bits per heavy atom. The van der Waals surface area contributed by atoms with Gasteiger partial charge in [0.2, 0.25) is 6.79 Å². The van der Waals surface area contributed by atoms with E-state index < -0.39 is 0 Å². The maximum atomic E-state index is 12.3. The molecule has 0 unspecified atom stereocenters. The molecule has 0 saturated heterocycles. The van der Waals surface area contributed by atoms with Crippen molar-refractivity contribution >= 4 is 16.9 Å². The highest BCUT2D eigenvalue weighted by atomic mass is 16.7. The molecule has 0 spiro atoms. The molecule has 0 saturated carbocycles. The Kier molecular flexibility index (Phi) is 3.19. The Hall–Kier alpha value is -2.95. The minimum Gasteiger partial charge on any atom is -0.461 e. The van der Waals surface area contributed by atoms with Crippen molar-refractivity contribution in [2.24, 2.45) is 0 Å². The number of nitrogens with zero attached hydrogens (tertiary/aromatic N) is 1. The van der Waals surface area contributed by atoms with Crippen LogP contribution in [-0.4, -0.2) is 23.9 Å². The molecule has 0 radical (unpaired) electrons. The summed E-state index contributed by atoms with van der Waals surface area (Å²) in [4.78, 5) is 12.3. The van der Waals surface area contributed by atoms with Gasteiger partial charge >= 0.3 is 5.97 Å². The number of aromatic nitrogens is 1. The van der Waals surface area contributed by atoms with E-state index in [4.69, 9.17) is 14.2 Å². The molecule has 3 aromatic rings. The van der Waals surface area contributed by atoms with Crippen molar-refractivity contribution in [1.82, 2.24) is 4.57 Å². The first-order chi connectivity index (χ1) is 11.3. The second-order valence-electron chi connectivity index (χ2n) is 5.18. The molecule has 0 aliphatic carbocycles. The third-order valence-corrected chi connectivity index (χ3v) is 3.81. The molecule has 116 valence electrons. The second-order valence-corrected chi connectivity index (χ2v) is 5.18. The normalized spacial score (nSPS) is 12.6. The van der Waals surface area contributed by atoms with Crippen LogP contribution in [0.25, 0.3) is 16.6 Å². The minimum absolute atomic E-state index is 0.218. The molecule has 23 heavy (non-hydrogen) atoms. The molecule has 0 fully saturated rings. The molecule has 4 rings (SSSR count). The van der Waals surface area contributed by atoms with Crippen molar-refractivity contribution in [2.75, 3.05) is 13.4 Å². The molecule has 5 nitrogen and oxygen atoms in total. The van der Waals surface area contributed by atoms with E-state index in [0.29, 0.717) is 23.8 Å². The quantitative estimate of drug-likeness (QED) is 0.694. The molecular formula is C18H15NO4. The number of para-hydroxylation sites is 1. The van der Waals surface area contributed by atoms with Crippen LogP contribution in [-0.2, 0) is 4.74 Å². The van der Waals surface area contributed by atoms with Gasteiger partial charge in [0.15, 0.2) is 11.5 Å². The number of fused-ring (bicyclic) bond motifs is 2. The van der Waals surface area contributed by atoms with Crippen LogP contribution in [0.4, 0.5) is 0 Å². The zero-order valence-corrected chi connectivity index (χ0v) is 12.6. The first-order valence-electron chi connectivity index (χ1n) is 7.45. The largest absolute Gasteiger partial charge is 0.461 e. The van der Waals surface area contributed by atoms with E-state index in [2.05, 4.69) is 0 Å². The van der Waals surface area contributed by atoms with Gasteiger partial charge < -0.3 is 18.8 Å². The molecule has 0 atom stereocenters. The molecule has 1 aliphatic rings. The fraction of sp³-hybridized carbons (Fsp3) is 0.167. The van der Waals surface area contributed by atoms with Crippen molar-refractivity contribution in [1.29, 1.82) is 0 Å². The molecule has 5 heteroatoms. The van der Waals surface area contributed by atoms with Gasteiger partial charge in [-0.1, -0.05) is 18.2 Å². The van der Waals surface area contributed by atoms with E-state index >= 15 is 0 Å². The lowest BCUT2D eigenvalue weighted by Gasteiger charge is -2.11. The smallest absolute Gasteiger partial charge is 0.355 e. The molecule has 0 N–H and O–H groups in total. The molecule has 0 bridgehead atoms. The van der Waals surface area contributed by atoms with Gasteiger partial charge in [-0.25, -0.2) is 4.79 Å². The first-order valence-corrected chi connectivity index (χ1v) is 7.45. The zero-order chi connectivity index (χ0) is 15.8. The van der Waals surface area contributed by atoms with Crippen LogP contribution < -0.4 is 9.47 Å².